The molecule has 0 aromatic heterocycles. The van der Waals surface area contributed by atoms with Crippen molar-refractivity contribution in [3.05, 3.63) is 0 Å². The summed E-state index contributed by atoms with van der Waals surface area (Å²) in [7, 11) is 0. The Balaban J connectivity index is 0.00000144. The Morgan fingerprint density at radius 1 is 1.46 bits per heavy atom. The second-order valence-corrected chi connectivity index (χ2v) is 3.30. The van der Waals surface area contributed by atoms with Crippen LogP contribution in [0.3, 0.4) is 0 Å². The molecule has 1 heterocycles. The summed E-state index contributed by atoms with van der Waals surface area (Å²) in [6.07, 6.45) is -2.38. The Labute approximate surface area is 83.7 Å². The van der Waals surface area contributed by atoms with Crippen molar-refractivity contribution in [3.63, 3.8) is 0 Å². The van der Waals surface area contributed by atoms with Crippen LogP contribution in [0.4, 0.5) is 4.39 Å². The molecule has 0 aromatic carbocycles. The van der Waals surface area contributed by atoms with E-state index in [1.54, 1.807) is 6.92 Å². The van der Waals surface area contributed by atoms with E-state index in [9.17, 15) is 14.6 Å². The van der Waals surface area contributed by atoms with Crippen LogP contribution in [0.5, 0.6) is 0 Å². The highest BCUT2D eigenvalue weighted by Gasteiger charge is 2.34. The van der Waals surface area contributed by atoms with Gasteiger partial charge in [0.05, 0.1) is 12.2 Å². The third-order valence-corrected chi connectivity index (χ3v) is 2.42. The summed E-state index contributed by atoms with van der Waals surface area (Å²) in [6, 6.07) is 0. The van der Waals surface area contributed by atoms with Crippen LogP contribution in [0.15, 0.2) is 0 Å². The molecule has 1 aliphatic rings. The third kappa shape index (κ3) is 3.06. The van der Waals surface area contributed by atoms with E-state index in [1.807, 2.05) is 0 Å². The highest BCUT2D eigenvalue weighted by Crippen LogP contribution is 2.20. The molecular weight excluding hydrogens is 197 g/mol. The first-order valence-corrected chi connectivity index (χ1v) is 4.37. The fraction of sp³-hybridized carbons (Fsp3) is 1.00. The molecule has 0 saturated carbocycles. The fourth-order valence-corrected chi connectivity index (χ4v) is 1.57. The summed E-state index contributed by atoms with van der Waals surface area (Å²) < 4.78 is 13.1. The summed E-state index contributed by atoms with van der Waals surface area (Å²) in [5.74, 6) is -0.459. The quantitative estimate of drug-likeness (QED) is 0.610. The Kier molecular flexibility index (Phi) is 5.80. The largest absolute Gasteiger partial charge is 0.390 e. The van der Waals surface area contributed by atoms with E-state index in [0.717, 1.165) is 0 Å². The molecule has 0 aromatic rings. The molecule has 0 spiro atoms. The molecule has 80 valence electrons. The number of β-amino-alcohol motifs (C(OH)–C–C–N with tert-alkyl or cyclic N) is 1. The standard InChI is InChI=1S/C8H16FNO2.ClH/c1-2-6(9)5-3-10-4-7(11)8(5)12;/h5-8,10-12H,2-4H2,1H3;1H/t5-,6+,7-,8-;/m1./s1. The molecule has 1 fully saturated rings. The zero-order chi connectivity index (χ0) is 9.14. The number of aliphatic hydroxyl groups excluding tert-OH is 2. The van der Waals surface area contributed by atoms with Gasteiger partial charge in [-0.3, -0.25) is 0 Å². The van der Waals surface area contributed by atoms with Crippen LogP contribution < -0.4 is 5.32 Å². The smallest absolute Gasteiger partial charge is 0.106 e. The summed E-state index contributed by atoms with van der Waals surface area (Å²) in [5, 5.41) is 21.5. The number of hydrogen-bond acceptors (Lipinski definition) is 3. The van der Waals surface area contributed by atoms with Crippen LogP contribution >= 0.6 is 12.4 Å². The van der Waals surface area contributed by atoms with Crippen LogP contribution in [0, 0.1) is 5.92 Å². The third-order valence-electron chi connectivity index (χ3n) is 2.42. The van der Waals surface area contributed by atoms with Gasteiger partial charge in [0.25, 0.3) is 0 Å². The first kappa shape index (κ1) is 13.1. The maximum absolute atomic E-state index is 13.1. The number of halogens is 2. The lowest BCUT2D eigenvalue weighted by Crippen LogP contribution is -2.53. The second kappa shape index (κ2) is 5.75. The average molecular weight is 214 g/mol. The molecule has 13 heavy (non-hydrogen) atoms. The van der Waals surface area contributed by atoms with Gasteiger partial charge in [0, 0.05) is 19.0 Å². The summed E-state index contributed by atoms with van der Waals surface area (Å²) >= 11 is 0. The fourth-order valence-electron chi connectivity index (χ4n) is 1.57. The van der Waals surface area contributed by atoms with Crippen molar-refractivity contribution in [2.75, 3.05) is 13.1 Å². The van der Waals surface area contributed by atoms with Gasteiger partial charge in [-0.25, -0.2) is 4.39 Å². The zero-order valence-corrected chi connectivity index (χ0v) is 8.43. The van der Waals surface area contributed by atoms with E-state index < -0.39 is 24.3 Å². The molecule has 3 nitrogen and oxygen atoms in total. The highest BCUT2D eigenvalue weighted by molar-refractivity contribution is 5.85. The van der Waals surface area contributed by atoms with E-state index in [1.165, 1.54) is 0 Å². The van der Waals surface area contributed by atoms with Gasteiger partial charge in [-0.15, -0.1) is 12.4 Å². The average Bonchev–Trinajstić information content (AvgIpc) is 2.08. The van der Waals surface area contributed by atoms with Gasteiger partial charge in [0.1, 0.15) is 6.17 Å². The first-order chi connectivity index (χ1) is 5.66. The van der Waals surface area contributed by atoms with Crippen LogP contribution in [0.1, 0.15) is 13.3 Å². The molecule has 1 rings (SSSR count). The minimum Gasteiger partial charge on any atom is -0.390 e. The Bertz CT molecular complexity index is 150. The van der Waals surface area contributed by atoms with Crippen molar-refractivity contribution in [3.8, 4) is 0 Å². The number of rotatable bonds is 2. The highest BCUT2D eigenvalue weighted by atomic mass is 35.5. The Morgan fingerprint density at radius 2 is 2.08 bits per heavy atom. The van der Waals surface area contributed by atoms with Gasteiger partial charge in [-0.05, 0) is 6.42 Å². The molecule has 0 unspecified atom stereocenters. The van der Waals surface area contributed by atoms with Crippen molar-refractivity contribution < 1.29 is 14.6 Å². The van der Waals surface area contributed by atoms with Crippen molar-refractivity contribution in [2.45, 2.75) is 31.7 Å². The van der Waals surface area contributed by atoms with Crippen LogP contribution in [0.2, 0.25) is 0 Å². The molecule has 0 aliphatic carbocycles. The van der Waals surface area contributed by atoms with Crippen LogP contribution in [-0.4, -0.2) is 41.7 Å². The van der Waals surface area contributed by atoms with Gasteiger partial charge in [0.2, 0.25) is 0 Å². The van der Waals surface area contributed by atoms with E-state index in [2.05, 4.69) is 5.32 Å². The molecule has 1 aliphatic heterocycles. The predicted molar refractivity (Wildman–Crippen MR) is 50.8 cm³/mol. The van der Waals surface area contributed by atoms with Crippen molar-refractivity contribution >= 4 is 12.4 Å². The van der Waals surface area contributed by atoms with Crippen molar-refractivity contribution in [1.29, 1.82) is 0 Å². The Hall–Kier alpha value is 0.1000. The number of aliphatic hydroxyl groups is 2. The minimum absolute atomic E-state index is 0. The van der Waals surface area contributed by atoms with Crippen LogP contribution in [-0.2, 0) is 0 Å². The topological polar surface area (TPSA) is 52.5 Å². The summed E-state index contributed by atoms with van der Waals surface area (Å²) in [5.41, 5.74) is 0. The lowest BCUT2D eigenvalue weighted by molar-refractivity contribution is -0.0576. The molecule has 0 amide bonds. The monoisotopic (exact) mass is 213 g/mol. The van der Waals surface area contributed by atoms with E-state index in [-0.39, 0.29) is 12.4 Å². The summed E-state index contributed by atoms with van der Waals surface area (Å²) in [6.45, 7) is 2.54. The van der Waals surface area contributed by atoms with Gasteiger partial charge in [-0.1, -0.05) is 6.92 Å². The molecule has 3 N–H and O–H groups in total. The molecule has 5 heteroatoms. The molecule has 0 radical (unpaired) electrons. The lowest BCUT2D eigenvalue weighted by atomic mass is 9.89. The maximum Gasteiger partial charge on any atom is 0.106 e. The van der Waals surface area contributed by atoms with Gasteiger partial charge >= 0.3 is 0 Å². The summed E-state index contributed by atoms with van der Waals surface area (Å²) in [4.78, 5) is 0. The predicted octanol–water partition coefficient (Wildman–Crippen LogP) is 0.0975. The molecule has 1 saturated heterocycles. The molecule has 0 bridgehead atoms. The van der Waals surface area contributed by atoms with Gasteiger partial charge < -0.3 is 15.5 Å². The van der Waals surface area contributed by atoms with Gasteiger partial charge in [-0.2, -0.15) is 0 Å². The second-order valence-electron chi connectivity index (χ2n) is 3.30. The van der Waals surface area contributed by atoms with E-state index in [0.29, 0.717) is 19.5 Å². The van der Waals surface area contributed by atoms with Crippen molar-refractivity contribution in [1.82, 2.24) is 5.32 Å². The minimum atomic E-state index is -1.03. The SMILES string of the molecule is CC[C@H](F)[C@H]1CNC[C@@H](O)[C@@H]1O.Cl. The number of hydrogen-bond donors (Lipinski definition) is 3. The lowest BCUT2D eigenvalue weighted by Gasteiger charge is -2.34. The maximum atomic E-state index is 13.1. The normalized spacial score (nSPS) is 36.5. The molecule has 4 atom stereocenters. The number of nitrogens with one attached hydrogen (secondary N) is 1. The van der Waals surface area contributed by atoms with Crippen LogP contribution in [0.25, 0.3) is 0 Å². The zero-order valence-electron chi connectivity index (χ0n) is 7.61. The number of alkyl halides is 1. The Morgan fingerprint density at radius 3 is 2.62 bits per heavy atom. The van der Waals surface area contributed by atoms with Crippen molar-refractivity contribution in [2.24, 2.45) is 5.92 Å². The van der Waals surface area contributed by atoms with E-state index in [4.69, 9.17) is 0 Å². The number of piperidine rings is 1. The van der Waals surface area contributed by atoms with Gasteiger partial charge in [0.15, 0.2) is 0 Å². The molecular formula is C8H17ClFNO2. The van der Waals surface area contributed by atoms with E-state index >= 15 is 0 Å². The first-order valence-electron chi connectivity index (χ1n) is 4.37.